The van der Waals surface area contributed by atoms with E-state index in [1.807, 2.05) is 0 Å². The van der Waals surface area contributed by atoms with E-state index in [4.69, 9.17) is 4.74 Å². The van der Waals surface area contributed by atoms with Gasteiger partial charge in [0.2, 0.25) is 5.92 Å². The Morgan fingerprint density at radius 3 is 2.45 bits per heavy atom. The van der Waals surface area contributed by atoms with Crippen LogP contribution < -0.4 is 0 Å². The molecule has 0 spiro atoms. The molecule has 0 aliphatic rings. The van der Waals surface area contributed by atoms with Crippen LogP contribution in [-0.2, 0) is 9.53 Å². The zero-order valence-electron chi connectivity index (χ0n) is 12.8. The average Bonchev–Trinajstić information content (AvgIpc) is 2.37. The molecule has 0 heterocycles. The summed E-state index contributed by atoms with van der Waals surface area (Å²) in [5.41, 5.74) is 0. The molecule has 0 bridgehead atoms. The number of thioether (sulfide) groups is 1. The van der Waals surface area contributed by atoms with Gasteiger partial charge in [0.25, 0.3) is 0 Å². The number of rotatable bonds is 13. The summed E-state index contributed by atoms with van der Waals surface area (Å²) in [6, 6.07) is 0. The molecule has 0 aromatic carbocycles. The second-order valence-electron chi connectivity index (χ2n) is 5.00. The lowest BCUT2D eigenvalue weighted by molar-refractivity contribution is -0.143. The molecule has 120 valence electrons. The third-order valence-electron chi connectivity index (χ3n) is 2.92. The molecule has 20 heavy (non-hydrogen) atoms. The zero-order valence-corrected chi connectivity index (χ0v) is 13.6. The lowest BCUT2D eigenvalue weighted by atomic mass is 10.1. The van der Waals surface area contributed by atoms with Crippen LogP contribution in [0.15, 0.2) is 0 Å². The summed E-state index contributed by atoms with van der Waals surface area (Å²) in [7, 11) is 0. The van der Waals surface area contributed by atoms with E-state index in [-0.39, 0.29) is 18.8 Å². The molecule has 0 fully saturated rings. The van der Waals surface area contributed by atoms with Crippen molar-refractivity contribution in [2.75, 3.05) is 18.1 Å². The van der Waals surface area contributed by atoms with Gasteiger partial charge in [-0.25, -0.2) is 8.78 Å². The van der Waals surface area contributed by atoms with Gasteiger partial charge in [0.1, 0.15) is 6.61 Å². The van der Waals surface area contributed by atoms with Gasteiger partial charge in [-0.15, -0.1) is 0 Å². The van der Waals surface area contributed by atoms with Gasteiger partial charge in [-0.2, -0.15) is 11.8 Å². The van der Waals surface area contributed by atoms with Crippen molar-refractivity contribution in [2.45, 2.75) is 71.1 Å². The monoisotopic (exact) mass is 310 g/mol. The van der Waals surface area contributed by atoms with Crippen LogP contribution in [-0.4, -0.2) is 30.0 Å². The Morgan fingerprint density at radius 2 is 1.80 bits per heavy atom. The summed E-state index contributed by atoms with van der Waals surface area (Å²) >= 11 is 1.57. The van der Waals surface area contributed by atoms with E-state index in [2.05, 4.69) is 6.92 Å². The average molecular weight is 310 g/mol. The Kier molecular flexibility index (Phi) is 12.2. The molecular weight excluding hydrogens is 282 g/mol. The fraction of sp³-hybridized carbons (Fsp3) is 0.933. The van der Waals surface area contributed by atoms with E-state index in [0.717, 1.165) is 19.3 Å². The quantitative estimate of drug-likeness (QED) is 0.351. The molecule has 0 aromatic heterocycles. The highest BCUT2D eigenvalue weighted by molar-refractivity contribution is 7.99. The smallest absolute Gasteiger partial charge is 0.305 e. The molecule has 2 nitrogen and oxygen atoms in total. The summed E-state index contributed by atoms with van der Waals surface area (Å²) in [6.45, 7) is 4.25. The van der Waals surface area contributed by atoms with Crippen molar-refractivity contribution in [3.8, 4) is 0 Å². The highest BCUT2D eigenvalue weighted by Gasteiger charge is 2.26. The van der Waals surface area contributed by atoms with Gasteiger partial charge in [-0.1, -0.05) is 33.1 Å². The number of ether oxygens (including phenoxy) is 1. The predicted octanol–water partition coefficient (Wildman–Crippen LogP) is 5.06. The number of carbonyl (C=O) groups excluding carboxylic acids is 1. The van der Waals surface area contributed by atoms with Crippen molar-refractivity contribution in [3.05, 3.63) is 0 Å². The summed E-state index contributed by atoms with van der Waals surface area (Å²) in [5, 5.41) is 0. The Labute approximate surface area is 126 Å². The summed E-state index contributed by atoms with van der Waals surface area (Å²) in [4.78, 5) is 11.3. The fourth-order valence-electron chi connectivity index (χ4n) is 1.83. The number of hydrogen-bond acceptors (Lipinski definition) is 3. The Bertz CT molecular complexity index is 248. The van der Waals surface area contributed by atoms with E-state index >= 15 is 0 Å². The number of unbranched alkanes of at least 4 members (excludes halogenated alkanes) is 2. The first kappa shape index (κ1) is 19.7. The largest absolute Gasteiger partial charge is 0.465 e. The van der Waals surface area contributed by atoms with Gasteiger partial charge in [0, 0.05) is 25.0 Å². The van der Waals surface area contributed by atoms with Gasteiger partial charge < -0.3 is 4.74 Å². The lowest BCUT2D eigenvalue weighted by Crippen LogP contribution is -2.15. The summed E-state index contributed by atoms with van der Waals surface area (Å²) in [6.07, 6.45) is 4.49. The predicted molar refractivity (Wildman–Crippen MR) is 81.5 cm³/mol. The van der Waals surface area contributed by atoms with E-state index in [1.165, 1.54) is 0 Å². The van der Waals surface area contributed by atoms with Crippen LogP contribution in [0.5, 0.6) is 0 Å². The molecule has 0 aromatic rings. The van der Waals surface area contributed by atoms with E-state index < -0.39 is 5.92 Å². The van der Waals surface area contributed by atoms with Crippen LogP contribution in [0.1, 0.15) is 65.2 Å². The summed E-state index contributed by atoms with van der Waals surface area (Å²) in [5.74, 6) is -1.26. The van der Waals surface area contributed by atoms with Crippen molar-refractivity contribution in [1.29, 1.82) is 0 Å². The van der Waals surface area contributed by atoms with Gasteiger partial charge >= 0.3 is 5.97 Å². The molecule has 0 aliphatic heterocycles. The van der Waals surface area contributed by atoms with Crippen molar-refractivity contribution in [3.63, 3.8) is 0 Å². The van der Waals surface area contributed by atoms with E-state index in [1.54, 1.807) is 18.7 Å². The number of carbonyl (C=O) groups is 1. The first-order chi connectivity index (χ1) is 9.52. The molecule has 0 saturated heterocycles. The van der Waals surface area contributed by atoms with E-state index in [0.29, 0.717) is 37.4 Å². The molecular formula is C15H28F2O2S. The molecule has 5 heteroatoms. The molecule has 0 amide bonds. The van der Waals surface area contributed by atoms with Crippen LogP contribution in [0.4, 0.5) is 8.78 Å². The molecule has 0 N–H and O–H groups in total. The maximum absolute atomic E-state index is 13.2. The van der Waals surface area contributed by atoms with Crippen molar-refractivity contribution >= 4 is 17.7 Å². The maximum atomic E-state index is 13.2. The first-order valence-electron chi connectivity index (χ1n) is 7.63. The van der Waals surface area contributed by atoms with Gasteiger partial charge in [0.15, 0.2) is 0 Å². The highest BCUT2D eigenvalue weighted by Crippen LogP contribution is 2.26. The molecule has 0 rings (SSSR count). The first-order valence-corrected chi connectivity index (χ1v) is 8.78. The summed E-state index contributed by atoms with van der Waals surface area (Å²) < 4.78 is 31.4. The number of hydrogen-bond donors (Lipinski definition) is 0. The second-order valence-corrected chi connectivity index (χ2v) is 6.22. The Morgan fingerprint density at radius 1 is 1.05 bits per heavy atom. The molecule has 0 aliphatic carbocycles. The molecule has 0 radical (unpaired) electrons. The standard InChI is InChI=1S/C15H28F2O2S/c1-3-5-6-8-14(18)19-11-13-20-12-7-10-15(16,17)9-4-2/h3-13H2,1-2H3. The second kappa shape index (κ2) is 12.4. The molecule has 0 saturated carbocycles. The van der Waals surface area contributed by atoms with Crippen LogP contribution in [0, 0.1) is 0 Å². The van der Waals surface area contributed by atoms with Crippen LogP contribution in [0.3, 0.4) is 0 Å². The number of alkyl halides is 2. The highest BCUT2D eigenvalue weighted by atomic mass is 32.2. The lowest BCUT2D eigenvalue weighted by Gasteiger charge is -2.14. The number of halogens is 2. The van der Waals surface area contributed by atoms with Crippen LogP contribution in [0.25, 0.3) is 0 Å². The molecule has 0 unspecified atom stereocenters. The number of esters is 1. The topological polar surface area (TPSA) is 26.3 Å². The van der Waals surface area contributed by atoms with Gasteiger partial charge in [-0.3, -0.25) is 4.79 Å². The van der Waals surface area contributed by atoms with Crippen molar-refractivity contribution in [1.82, 2.24) is 0 Å². The van der Waals surface area contributed by atoms with Crippen molar-refractivity contribution in [2.24, 2.45) is 0 Å². The van der Waals surface area contributed by atoms with Crippen molar-refractivity contribution < 1.29 is 18.3 Å². The Hall–Kier alpha value is -0.320. The minimum atomic E-state index is -2.51. The minimum Gasteiger partial charge on any atom is -0.465 e. The third-order valence-corrected chi connectivity index (χ3v) is 3.95. The Balaban J connectivity index is 3.34. The fourth-order valence-corrected chi connectivity index (χ4v) is 2.59. The molecule has 0 atom stereocenters. The SMILES string of the molecule is CCCCCC(=O)OCCSCCCC(F)(F)CCC. The van der Waals surface area contributed by atoms with E-state index in [9.17, 15) is 13.6 Å². The maximum Gasteiger partial charge on any atom is 0.305 e. The van der Waals surface area contributed by atoms with Gasteiger partial charge in [0.05, 0.1) is 0 Å². The zero-order chi connectivity index (χ0) is 15.3. The minimum absolute atomic E-state index is 0.0208. The normalized spacial score (nSPS) is 11.6. The van der Waals surface area contributed by atoms with Crippen LogP contribution >= 0.6 is 11.8 Å². The third kappa shape index (κ3) is 12.7. The van der Waals surface area contributed by atoms with Crippen LogP contribution in [0.2, 0.25) is 0 Å². The van der Waals surface area contributed by atoms with Gasteiger partial charge in [-0.05, 0) is 18.6 Å².